The van der Waals surface area contributed by atoms with Crippen LogP contribution in [-0.2, 0) is 19.2 Å². The standard InChI is InChI=1S/C17H13N3O7S/c18-5-8-1-3-9(4-2-8)27-6-11(21)19-12-14(22)20-13(17(25)26)10(16(23)24)7-28-15(12)20/h1-4,12,15H,6-7H2,(H,19,21)(H,23,24)(H,25,26)/t12?,15-/m0/s1. The first kappa shape index (κ1) is 19.2. The highest BCUT2D eigenvalue weighted by atomic mass is 32.2. The summed E-state index contributed by atoms with van der Waals surface area (Å²) in [5.74, 6) is -3.93. The number of nitrogens with one attached hydrogen (secondary N) is 1. The molecule has 1 unspecified atom stereocenters. The van der Waals surface area contributed by atoms with Crippen LogP contribution in [-0.4, -0.2) is 62.6 Å². The number of carbonyl (C=O) groups excluding carboxylic acids is 2. The van der Waals surface area contributed by atoms with Gasteiger partial charge in [0.05, 0.1) is 17.2 Å². The Morgan fingerprint density at radius 1 is 1.25 bits per heavy atom. The van der Waals surface area contributed by atoms with Crippen LogP contribution in [0.1, 0.15) is 5.56 Å². The Kier molecular flexibility index (Phi) is 5.23. The number of carboxylic acid groups (broad SMARTS) is 2. The van der Waals surface area contributed by atoms with Crippen LogP contribution in [0.15, 0.2) is 35.5 Å². The lowest BCUT2D eigenvalue weighted by atomic mass is 10.0. The van der Waals surface area contributed by atoms with E-state index in [0.29, 0.717) is 11.3 Å². The van der Waals surface area contributed by atoms with E-state index in [2.05, 4.69) is 5.32 Å². The van der Waals surface area contributed by atoms with Gasteiger partial charge in [-0.2, -0.15) is 5.26 Å². The minimum Gasteiger partial charge on any atom is -0.484 e. The number of fused-ring (bicyclic) bond motifs is 1. The second kappa shape index (κ2) is 7.61. The number of nitrogens with zero attached hydrogens (tertiary/aromatic N) is 2. The molecule has 2 amide bonds. The van der Waals surface area contributed by atoms with E-state index in [1.165, 1.54) is 24.3 Å². The van der Waals surface area contributed by atoms with Gasteiger partial charge in [0, 0.05) is 5.75 Å². The van der Waals surface area contributed by atoms with Crippen LogP contribution >= 0.6 is 11.8 Å². The number of carbonyl (C=O) groups is 4. The second-order valence-corrected chi connectivity index (χ2v) is 6.92. The number of benzene rings is 1. The van der Waals surface area contributed by atoms with Crippen LogP contribution < -0.4 is 10.1 Å². The summed E-state index contributed by atoms with van der Waals surface area (Å²) in [5, 5.41) is 28.9. The number of hydrogen-bond donors (Lipinski definition) is 3. The average Bonchev–Trinajstić information content (AvgIpc) is 2.69. The van der Waals surface area contributed by atoms with E-state index in [1.54, 1.807) is 0 Å². The van der Waals surface area contributed by atoms with Crippen molar-refractivity contribution in [3.05, 3.63) is 41.1 Å². The SMILES string of the molecule is N#Cc1ccc(OCC(=O)NC2C(=O)N3C(C(=O)O)=C(C(=O)O)CS[C@@H]23)cc1. The molecule has 28 heavy (non-hydrogen) atoms. The number of carboxylic acids is 2. The highest BCUT2D eigenvalue weighted by Gasteiger charge is 2.55. The Hall–Kier alpha value is -3.52. The molecule has 2 heterocycles. The Balaban J connectivity index is 1.61. The van der Waals surface area contributed by atoms with Crippen LogP contribution in [0, 0.1) is 11.3 Å². The van der Waals surface area contributed by atoms with E-state index in [0.717, 1.165) is 16.7 Å². The number of β-lactam (4-membered cyclic amide) rings is 1. The first-order chi connectivity index (χ1) is 13.3. The summed E-state index contributed by atoms with van der Waals surface area (Å²) in [4.78, 5) is 47.8. The van der Waals surface area contributed by atoms with Gasteiger partial charge in [-0.15, -0.1) is 11.8 Å². The van der Waals surface area contributed by atoms with E-state index in [4.69, 9.17) is 15.1 Å². The number of amides is 2. The molecule has 1 saturated heterocycles. The predicted octanol–water partition coefficient (Wildman–Crippen LogP) is -0.240. The van der Waals surface area contributed by atoms with Crippen LogP contribution in [0.5, 0.6) is 5.75 Å². The molecular weight excluding hydrogens is 390 g/mol. The number of ether oxygens (including phenoxy) is 1. The lowest BCUT2D eigenvalue weighted by molar-refractivity contribution is -0.151. The predicted molar refractivity (Wildman–Crippen MR) is 94.0 cm³/mol. The van der Waals surface area contributed by atoms with E-state index >= 15 is 0 Å². The lowest BCUT2D eigenvalue weighted by Gasteiger charge is -2.48. The van der Waals surface area contributed by atoms with Gasteiger partial charge in [0.25, 0.3) is 11.8 Å². The normalized spacial score (nSPS) is 20.5. The van der Waals surface area contributed by atoms with Crippen LogP contribution in [0.25, 0.3) is 0 Å². The maximum atomic E-state index is 12.3. The van der Waals surface area contributed by atoms with Gasteiger partial charge in [-0.3, -0.25) is 14.5 Å². The molecule has 0 spiro atoms. The molecule has 0 aliphatic carbocycles. The zero-order valence-corrected chi connectivity index (χ0v) is 14.9. The van der Waals surface area contributed by atoms with Crippen molar-refractivity contribution in [3.63, 3.8) is 0 Å². The topological polar surface area (TPSA) is 157 Å². The number of rotatable bonds is 6. The van der Waals surface area contributed by atoms with Gasteiger partial charge in [-0.1, -0.05) is 0 Å². The molecule has 0 bridgehead atoms. The van der Waals surface area contributed by atoms with E-state index in [-0.39, 0.29) is 17.9 Å². The van der Waals surface area contributed by atoms with Crippen molar-refractivity contribution < 1.29 is 34.1 Å². The van der Waals surface area contributed by atoms with Crippen molar-refractivity contribution in [2.24, 2.45) is 0 Å². The lowest BCUT2D eigenvalue weighted by Crippen LogP contribution is -2.71. The third-order valence-electron chi connectivity index (χ3n) is 4.10. The van der Waals surface area contributed by atoms with Crippen molar-refractivity contribution in [1.29, 1.82) is 5.26 Å². The second-order valence-electron chi connectivity index (χ2n) is 5.82. The summed E-state index contributed by atoms with van der Waals surface area (Å²) < 4.78 is 5.28. The molecule has 144 valence electrons. The van der Waals surface area contributed by atoms with Crippen LogP contribution in [0.3, 0.4) is 0 Å². The summed E-state index contributed by atoms with van der Waals surface area (Å²) in [5.41, 5.74) is -0.495. The van der Waals surface area contributed by atoms with Crippen molar-refractivity contribution in [2.45, 2.75) is 11.4 Å². The van der Waals surface area contributed by atoms with E-state index in [9.17, 15) is 24.3 Å². The Morgan fingerprint density at radius 2 is 1.93 bits per heavy atom. The van der Waals surface area contributed by atoms with Crippen molar-refractivity contribution in [3.8, 4) is 11.8 Å². The van der Waals surface area contributed by atoms with Crippen molar-refractivity contribution in [1.82, 2.24) is 10.2 Å². The Bertz CT molecular complexity index is 935. The van der Waals surface area contributed by atoms with Gasteiger partial charge in [0.2, 0.25) is 0 Å². The summed E-state index contributed by atoms with van der Waals surface area (Å²) in [6.07, 6.45) is 0. The molecule has 1 fully saturated rings. The number of nitriles is 1. The zero-order valence-electron chi connectivity index (χ0n) is 14.1. The molecule has 3 N–H and O–H groups in total. The molecule has 1 aromatic rings. The van der Waals surface area contributed by atoms with Gasteiger partial charge in [0.1, 0.15) is 22.9 Å². The van der Waals surface area contributed by atoms with Crippen LogP contribution in [0.2, 0.25) is 0 Å². The molecule has 2 aliphatic rings. The van der Waals surface area contributed by atoms with Crippen molar-refractivity contribution >= 4 is 35.5 Å². The minimum atomic E-state index is -1.51. The largest absolute Gasteiger partial charge is 0.484 e. The van der Waals surface area contributed by atoms with E-state index < -0.39 is 40.9 Å². The van der Waals surface area contributed by atoms with E-state index in [1.807, 2.05) is 6.07 Å². The number of thioether (sulfide) groups is 1. The maximum absolute atomic E-state index is 12.3. The van der Waals surface area contributed by atoms with Crippen molar-refractivity contribution in [2.75, 3.05) is 12.4 Å². The third-order valence-corrected chi connectivity index (χ3v) is 5.38. The van der Waals surface area contributed by atoms with Gasteiger partial charge < -0.3 is 20.3 Å². The molecule has 0 aromatic heterocycles. The fourth-order valence-corrected chi connectivity index (χ4v) is 4.11. The molecule has 2 aliphatic heterocycles. The minimum absolute atomic E-state index is 0.0977. The van der Waals surface area contributed by atoms with Crippen LogP contribution in [0.4, 0.5) is 0 Å². The monoisotopic (exact) mass is 403 g/mol. The highest BCUT2D eigenvalue weighted by molar-refractivity contribution is 8.00. The van der Waals surface area contributed by atoms with Gasteiger partial charge in [-0.05, 0) is 24.3 Å². The smallest absolute Gasteiger partial charge is 0.353 e. The molecular formula is C17H13N3O7S. The third kappa shape index (κ3) is 3.49. The average molecular weight is 403 g/mol. The van der Waals surface area contributed by atoms with Gasteiger partial charge in [-0.25, -0.2) is 9.59 Å². The summed E-state index contributed by atoms with van der Waals surface area (Å²) in [6.45, 7) is -0.380. The molecule has 0 radical (unpaired) electrons. The molecule has 3 rings (SSSR count). The van der Waals surface area contributed by atoms with Gasteiger partial charge in [0.15, 0.2) is 6.61 Å². The molecule has 10 nitrogen and oxygen atoms in total. The fourth-order valence-electron chi connectivity index (χ4n) is 2.77. The molecule has 0 saturated carbocycles. The highest BCUT2D eigenvalue weighted by Crippen LogP contribution is 2.40. The summed E-state index contributed by atoms with van der Waals surface area (Å²) in [7, 11) is 0. The molecule has 11 heteroatoms. The fraction of sp³-hybridized carbons (Fsp3) is 0.235. The zero-order chi connectivity index (χ0) is 20.4. The first-order valence-corrected chi connectivity index (χ1v) is 8.95. The molecule has 2 atom stereocenters. The quantitative estimate of drug-likeness (QED) is 0.545. The Labute approximate surface area is 162 Å². The first-order valence-electron chi connectivity index (χ1n) is 7.90. The van der Waals surface area contributed by atoms with Gasteiger partial charge >= 0.3 is 11.9 Å². The maximum Gasteiger partial charge on any atom is 0.353 e. The number of hydrogen-bond acceptors (Lipinski definition) is 7. The summed E-state index contributed by atoms with van der Waals surface area (Å²) in [6, 6.07) is 7.09. The molecule has 1 aromatic carbocycles. The Morgan fingerprint density at radius 3 is 2.50 bits per heavy atom. The number of aliphatic carboxylic acids is 2. The summed E-state index contributed by atoms with van der Waals surface area (Å²) >= 11 is 1.06.